The Morgan fingerprint density at radius 1 is 1.07 bits per heavy atom. The van der Waals surface area contributed by atoms with Crippen LogP contribution in [0.15, 0.2) is 60.7 Å². The molecule has 1 N–H and O–H groups in total. The Hall–Kier alpha value is -2.92. The molecule has 0 bridgehead atoms. The average molecular weight is 407 g/mol. The van der Waals surface area contributed by atoms with Crippen LogP contribution >= 0.6 is 11.6 Å². The van der Waals surface area contributed by atoms with Crippen LogP contribution in [0.25, 0.3) is 11.3 Å². The molecule has 1 aliphatic rings. The SMILES string of the molecule is Cc1ccccc1-c1ccc(N2CCCC(C(=O)Nc3ccccc3Cl)C2)nn1. The molecule has 1 fully saturated rings. The van der Waals surface area contributed by atoms with E-state index in [0.29, 0.717) is 17.3 Å². The van der Waals surface area contributed by atoms with Gasteiger partial charge in [-0.05, 0) is 49.6 Å². The van der Waals surface area contributed by atoms with Crippen LogP contribution < -0.4 is 10.2 Å². The molecule has 1 aliphatic heterocycles. The maximum Gasteiger partial charge on any atom is 0.229 e. The molecule has 6 heteroatoms. The number of amides is 1. The molecule has 29 heavy (non-hydrogen) atoms. The first-order chi connectivity index (χ1) is 14.1. The van der Waals surface area contributed by atoms with Gasteiger partial charge in [-0.2, -0.15) is 0 Å². The number of nitrogens with one attached hydrogen (secondary N) is 1. The molecular formula is C23H23ClN4O. The van der Waals surface area contributed by atoms with Crippen molar-refractivity contribution in [3.8, 4) is 11.3 Å². The Morgan fingerprint density at radius 2 is 1.86 bits per heavy atom. The van der Waals surface area contributed by atoms with Gasteiger partial charge in [-0.3, -0.25) is 4.79 Å². The van der Waals surface area contributed by atoms with Crippen molar-refractivity contribution >= 4 is 29.0 Å². The van der Waals surface area contributed by atoms with Crippen molar-refractivity contribution in [2.45, 2.75) is 19.8 Å². The van der Waals surface area contributed by atoms with Crippen molar-refractivity contribution in [3.63, 3.8) is 0 Å². The number of carbonyl (C=O) groups excluding carboxylic acids is 1. The molecule has 2 heterocycles. The highest BCUT2D eigenvalue weighted by Crippen LogP contribution is 2.26. The Bertz CT molecular complexity index is 1010. The quantitative estimate of drug-likeness (QED) is 0.665. The van der Waals surface area contributed by atoms with Gasteiger partial charge in [0.15, 0.2) is 5.82 Å². The number of hydrogen-bond donors (Lipinski definition) is 1. The first kappa shape index (κ1) is 19.4. The first-order valence-electron chi connectivity index (χ1n) is 9.82. The molecule has 0 saturated carbocycles. The minimum absolute atomic E-state index is 0.00714. The zero-order valence-corrected chi connectivity index (χ0v) is 17.1. The molecule has 1 aromatic heterocycles. The van der Waals surface area contributed by atoms with E-state index in [-0.39, 0.29) is 11.8 Å². The van der Waals surface area contributed by atoms with Crippen molar-refractivity contribution < 1.29 is 4.79 Å². The molecule has 5 nitrogen and oxygen atoms in total. The molecule has 0 aliphatic carbocycles. The van der Waals surface area contributed by atoms with E-state index in [4.69, 9.17) is 11.6 Å². The van der Waals surface area contributed by atoms with E-state index in [1.807, 2.05) is 42.5 Å². The standard InChI is InChI=1S/C23H23ClN4O/c1-16-7-2-3-9-18(16)20-12-13-22(27-26-20)28-14-6-8-17(15-28)23(29)25-21-11-5-4-10-19(21)24/h2-5,7,9-13,17H,6,8,14-15H2,1H3,(H,25,29). The summed E-state index contributed by atoms with van der Waals surface area (Å²) in [5, 5.41) is 12.4. The number of para-hydroxylation sites is 1. The monoisotopic (exact) mass is 406 g/mol. The molecule has 148 valence electrons. The van der Waals surface area contributed by atoms with Crippen molar-refractivity contribution in [2.75, 3.05) is 23.3 Å². The van der Waals surface area contributed by atoms with E-state index in [9.17, 15) is 4.79 Å². The van der Waals surface area contributed by atoms with E-state index >= 15 is 0 Å². The summed E-state index contributed by atoms with van der Waals surface area (Å²) in [6, 6.07) is 19.4. The lowest BCUT2D eigenvalue weighted by molar-refractivity contribution is -0.120. The highest BCUT2D eigenvalue weighted by atomic mass is 35.5. The minimum atomic E-state index is -0.113. The minimum Gasteiger partial charge on any atom is -0.354 e. The van der Waals surface area contributed by atoms with Crippen LogP contribution in [-0.2, 0) is 4.79 Å². The summed E-state index contributed by atoms with van der Waals surface area (Å²) >= 11 is 6.16. The number of piperidine rings is 1. The van der Waals surface area contributed by atoms with Gasteiger partial charge in [0.2, 0.25) is 5.91 Å². The predicted molar refractivity (Wildman–Crippen MR) is 117 cm³/mol. The molecule has 0 radical (unpaired) electrons. The fourth-order valence-corrected chi connectivity index (χ4v) is 3.88. The van der Waals surface area contributed by atoms with Crippen LogP contribution in [0.2, 0.25) is 5.02 Å². The highest BCUT2D eigenvalue weighted by molar-refractivity contribution is 6.33. The smallest absolute Gasteiger partial charge is 0.229 e. The van der Waals surface area contributed by atoms with Crippen LogP contribution in [0.4, 0.5) is 11.5 Å². The summed E-state index contributed by atoms with van der Waals surface area (Å²) in [6.45, 7) is 3.56. The number of rotatable bonds is 4. The Labute approximate surface area is 175 Å². The maximum absolute atomic E-state index is 12.7. The number of halogens is 1. The molecule has 1 amide bonds. The largest absolute Gasteiger partial charge is 0.354 e. The number of carbonyl (C=O) groups is 1. The maximum atomic E-state index is 12.7. The number of hydrogen-bond acceptors (Lipinski definition) is 4. The number of anilines is 2. The van der Waals surface area contributed by atoms with Gasteiger partial charge in [0, 0.05) is 18.7 Å². The number of aromatic nitrogens is 2. The van der Waals surface area contributed by atoms with E-state index in [0.717, 1.165) is 36.5 Å². The van der Waals surface area contributed by atoms with Crippen molar-refractivity contribution in [2.24, 2.45) is 5.92 Å². The third-order valence-electron chi connectivity index (χ3n) is 5.32. The third kappa shape index (κ3) is 4.40. The van der Waals surface area contributed by atoms with Gasteiger partial charge in [-0.15, -0.1) is 10.2 Å². The third-order valence-corrected chi connectivity index (χ3v) is 5.65. The highest BCUT2D eigenvalue weighted by Gasteiger charge is 2.27. The topological polar surface area (TPSA) is 58.1 Å². The summed E-state index contributed by atoms with van der Waals surface area (Å²) in [6.07, 6.45) is 1.78. The molecule has 1 unspecified atom stereocenters. The second-order valence-electron chi connectivity index (χ2n) is 7.35. The molecule has 3 aromatic rings. The van der Waals surface area contributed by atoms with Gasteiger partial charge in [0.1, 0.15) is 0 Å². The van der Waals surface area contributed by atoms with E-state index in [1.165, 1.54) is 5.56 Å². The summed E-state index contributed by atoms with van der Waals surface area (Å²) in [5.41, 5.74) is 3.77. The summed E-state index contributed by atoms with van der Waals surface area (Å²) in [7, 11) is 0. The normalized spacial score (nSPS) is 16.5. The molecule has 1 atom stereocenters. The lowest BCUT2D eigenvalue weighted by atomic mass is 9.97. The average Bonchev–Trinajstić information content (AvgIpc) is 2.76. The Balaban J connectivity index is 1.45. The first-order valence-corrected chi connectivity index (χ1v) is 10.2. The van der Waals surface area contributed by atoms with Crippen LogP contribution in [0.3, 0.4) is 0 Å². The zero-order valence-electron chi connectivity index (χ0n) is 16.3. The fourth-order valence-electron chi connectivity index (χ4n) is 3.69. The molecule has 0 spiro atoms. The molecule has 1 saturated heterocycles. The number of nitrogens with zero attached hydrogens (tertiary/aromatic N) is 3. The van der Waals surface area contributed by atoms with E-state index in [1.54, 1.807) is 6.07 Å². The Kier molecular flexibility index (Phi) is 5.76. The van der Waals surface area contributed by atoms with Crippen LogP contribution in [0.5, 0.6) is 0 Å². The van der Waals surface area contributed by atoms with Gasteiger partial charge in [-0.1, -0.05) is 48.0 Å². The molecule has 2 aromatic carbocycles. The molecule has 4 rings (SSSR count). The second kappa shape index (κ2) is 8.62. The van der Waals surface area contributed by atoms with E-state index in [2.05, 4.69) is 39.5 Å². The van der Waals surface area contributed by atoms with Gasteiger partial charge in [0.05, 0.1) is 22.3 Å². The number of aryl methyl sites for hydroxylation is 1. The number of benzene rings is 2. The summed E-state index contributed by atoms with van der Waals surface area (Å²) in [4.78, 5) is 14.9. The van der Waals surface area contributed by atoms with Crippen LogP contribution in [0.1, 0.15) is 18.4 Å². The predicted octanol–water partition coefficient (Wildman–Crippen LogP) is 4.96. The summed E-state index contributed by atoms with van der Waals surface area (Å²) in [5.74, 6) is 0.683. The fraction of sp³-hybridized carbons (Fsp3) is 0.261. The zero-order chi connectivity index (χ0) is 20.2. The van der Waals surface area contributed by atoms with Gasteiger partial charge in [0.25, 0.3) is 0 Å². The summed E-state index contributed by atoms with van der Waals surface area (Å²) < 4.78 is 0. The molecular weight excluding hydrogens is 384 g/mol. The van der Waals surface area contributed by atoms with Crippen LogP contribution in [-0.4, -0.2) is 29.2 Å². The van der Waals surface area contributed by atoms with Gasteiger partial charge >= 0.3 is 0 Å². The van der Waals surface area contributed by atoms with Crippen molar-refractivity contribution in [1.82, 2.24) is 10.2 Å². The van der Waals surface area contributed by atoms with Gasteiger partial charge in [-0.25, -0.2) is 0 Å². The van der Waals surface area contributed by atoms with Crippen molar-refractivity contribution in [3.05, 3.63) is 71.2 Å². The van der Waals surface area contributed by atoms with Crippen LogP contribution in [0, 0.1) is 12.8 Å². The second-order valence-corrected chi connectivity index (χ2v) is 7.75. The van der Waals surface area contributed by atoms with Crippen molar-refractivity contribution in [1.29, 1.82) is 0 Å². The Morgan fingerprint density at radius 3 is 2.62 bits per heavy atom. The lowest BCUT2D eigenvalue weighted by Gasteiger charge is -2.32. The van der Waals surface area contributed by atoms with Gasteiger partial charge < -0.3 is 10.2 Å². The lowest BCUT2D eigenvalue weighted by Crippen LogP contribution is -2.41. The van der Waals surface area contributed by atoms with E-state index < -0.39 is 0 Å².